The minimum atomic E-state index is -1.04. The molecule has 59 heavy (non-hydrogen) atoms. The number of aryl methyl sites for hydroxylation is 1. The molecule has 2 unspecified atom stereocenters. The second-order valence-electron chi connectivity index (χ2n) is 16.9. The molecule has 324 valence electrons. The molecule has 2 fully saturated rings. The van der Waals surface area contributed by atoms with Crippen LogP contribution in [-0.4, -0.2) is 83.6 Å². The summed E-state index contributed by atoms with van der Waals surface area (Å²) in [6, 6.07) is -1.21. The first-order chi connectivity index (χ1) is 28.5. The lowest BCUT2D eigenvalue weighted by Gasteiger charge is -2.59. The van der Waals surface area contributed by atoms with E-state index in [0.29, 0.717) is 58.1 Å². The number of aliphatic hydroxyl groups excluding tert-OH is 1. The van der Waals surface area contributed by atoms with Gasteiger partial charge in [0.25, 0.3) is 0 Å². The zero-order chi connectivity index (χ0) is 41.8. The van der Waals surface area contributed by atoms with Gasteiger partial charge in [-0.15, -0.1) is 11.8 Å². The lowest BCUT2D eigenvalue weighted by Crippen LogP contribution is -2.69. The van der Waals surface area contributed by atoms with Crippen LogP contribution in [0.25, 0.3) is 0 Å². The number of benzene rings is 2. The molecule has 0 radical (unpaired) electrons. The van der Waals surface area contributed by atoms with Crippen molar-refractivity contribution in [2.75, 3.05) is 26.3 Å². The van der Waals surface area contributed by atoms with Crippen molar-refractivity contribution < 1.29 is 48.3 Å². The molecule has 0 saturated carbocycles. The van der Waals surface area contributed by atoms with Gasteiger partial charge in [-0.2, -0.15) is 0 Å². The van der Waals surface area contributed by atoms with E-state index in [2.05, 4.69) is 17.6 Å². The first-order valence-corrected chi connectivity index (χ1v) is 22.9. The van der Waals surface area contributed by atoms with Crippen LogP contribution in [0.2, 0.25) is 0 Å². The summed E-state index contributed by atoms with van der Waals surface area (Å²) in [6.07, 6.45) is 15.4. The molecule has 14 heteroatoms. The Morgan fingerprint density at radius 2 is 1.59 bits per heavy atom. The Morgan fingerprint density at radius 3 is 2.25 bits per heavy atom. The maximum absolute atomic E-state index is 13.9. The second-order valence-corrected chi connectivity index (χ2v) is 18.1. The Balaban J connectivity index is 1.13. The number of hydrogen-bond donors (Lipinski definition) is 4. The van der Waals surface area contributed by atoms with Crippen molar-refractivity contribution in [2.45, 2.75) is 166 Å². The number of piperazine rings is 1. The first-order valence-electron chi connectivity index (χ1n) is 21.9. The number of aromatic hydroxyl groups is 1. The minimum Gasteiger partial charge on any atom is -0.504 e. The number of nitrogens with zero attached hydrogens (tertiary/aromatic N) is 1. The Morgan fingerprint density at radius 1 is 0.932 bits per heavy atom. The van der Waals surface area contributed by atoms with E-state index in [-0.39, 0.29) is 30.8 Å². The van der Waals surface area contributed by atoms with Crippen molar-refractivity contribution in [3.8, 4) is 28.7 Å². The van der Waals surface area contributed by atoms with Gasteiger partial charge in [0.05, 0.1) is 30.5 Å². The van der Waals surface area contributed by atoms with Gasteiger partial charge in [0.2, 0.25) is 12.7 Å². The Hall–Kier alpha value is -3.72. The fourth-order valence-corrected chi connectivity index (χ4v) is 11.6. The van der Waals surface area contributed by atoms with Crippen LogP contribution in [0.1, 0.15) is 154 Å². The molecule has 2 aromatic carbocycles. The van der Waals surface area contributed by atoms with Crippen LogP contribution in [0.5, 0.6) is 28.7 Å². The standard InChI is InChI=1S/C45H63N3O10S/c1-6-7-8-9-10-11-12-13-14-15-16-17-18-19-32(50)46-30-23-59-43-35-34(42-41(56-24-57-42)26(3)40(35)58-27(4)49)31(22-55-45(30)53)48-37(43)36-33-28(21-29(47-36)44(48)52)20-25(2)39(54-5)38(33)51/h20,29-31,36-37,43-44,47,51-52H,6-19,21-24H2,1-5H3,(H,46,50)/t29-,30?,31-,36+,37?,43+,44-/m0/s1. The van der Waals surface area contributed by atoms with Gasteiger partial charge in [0.1, 0.15) is 24.6 Å². The van der Waals surface area contributed by atoms with Gasteiger partial charge in [0.15, 0.2) is 23.0 Å². The molecule has 7 atom stereocenters. The summed E-state index contributed by atoms with van der Waals surface area (Å²) in [5.74, 6) is 0.475. The Kier molecular flexibility index (Phi) is 14.2. The number of carbonyl (C=O) groups excluding carboxylic acids is 3. The molecule has 0 spiro atoms. The fraction of sp³-hybridized carbons (Fsp3) is 0.667. The number of amides is 1. The highest BCUT2D eigenvalue weighted by atomic mass is 32.2. The number of aliphatic hydroxyl groups is 1. The largest absolute Gasteiger partial charge is 0.504 e. The highest BCUT2D eigenvalue weighted by Crippen LogP contribution is 2.62. The van der Waals surface area contributed by atoms with Gasteiger partial charge in [-0.25, -0.2) is 4.79 Å². The third-order valence-electron chi connectivity index (χ3n) is 12.8. The number of methoxy groups -OCH3 is 1. The third kappa shape index (κ3) is 8.88. The van der Waals surface area contributed by atoms with E-state index in [4.69, 9.17) is 23.7 Å². The van der Waals surface area contributed by atoms with E-state index in [9.17, 15) is 24.6 Å². The number of carbonyl (C=O) groups is 3. The number of hydrogen-bond acceptors (Lipinski definition) is 13. The summed E-state index contributed by atoms with van der Waals surface area (Å²) < 4.78 is 29.9. The van der Waals surface area contributed by atoms with Crippen LogP contribution >= 0.6 is 11.8 Å². The molecule has 0 aromatic heterocycles. The summed E-state index contributed by atoms with van der Waals surface area (Å²) >= 11 is 1.41. The average Bonchev–Trinajstić information content (AvgIpc) is 3.70. The normalized spacial score (nSPS) is 25.4. The maximum Gasteiger partial charge on any atom is 0.329 e. The molecular weight excluding hydrogens is 775 g/mol. The van der Waals surface area contributed by atoms with Crippen molar-refractivity contribution >= 4 is 29.6 Å². The van der Waals surface area contributed by atoms with Gasteiger partial charge in [-0.05, 0) is 37.8 Å². The second kappa shape index (κ2) is 19.3. The zero-order valence-electron chi connectivity index (χ0n) is 35.4. The minimum absolute atomic E-state index is 0.0276. The Labute approximate surface area is 352 Å². The molecule has 13 nitrogen and oxygen atoms in total. The Bertz CT molecular complexity index is 1870. The SMILES string of the molecule is CCCCCCCCCCCCCCCC(=O)NC1CS[C@@H]2c3c(OC(C)=O)c(C)c4c(c3[C@H](COC1=O)N1C2[C@@H]2N[C@@H](Cc3cc(C)c(OC)c(O)c32)[C@@H]1O)OCO4. The quantitative estimate of drug-likeness (QED) is 0.0715. The number of rotatable bonds is 17. The zero-order valence-corrected chi connectivity index (χ0v) is 36.2. The van der Waals surface area contributed by atoms with Gasteiger partial charge in [-0.3, -0.25) is 14.5 Å². The lowest BCUT2D eigenvalue weighted by atomic mass is 9.74. The highest BCUT2D eigenvalue weighted by Gasteiger charge is 2.58. The summed E-state index contributed by atoms with van der Waals surface area (Å²) in [7, 11) is 1.53. The summed E-state index contributed by atoms with van der Waals surface area (Å²) in [5.41, 5.74) is 4.24. The van der Waals surface area contributed by atoms with Gasteiger partial charge in [0, 0.05) is 47.4 Å². The van der Waals surface area contributed by atoms with Crippen molar-refractivity contribution in [1.82, 2.24) is 15.5 Å². The maximum atomic E-state index is 13.9. The van der Waals surface area contributed by atoms with Crippen LogP contribution < -0.4 is 29.6 Å². The van der Waals surface area contributed by atoms with Crippen molar-refractivity contribution in [3.05, 3.63) is 39.4 Å². The predicted octanol–water partition coefficient (Wildman–Crippen LogP) is 7.28. The number of phenolic OH excluding ortho intramolecular Hbond substituents is 1. The third-order valence-corrected chi connectivity index (χ3v) is 14.2. The number of nitrogens with one attached hydrogen (secondary N) is 2. The molecule has 6 aliphatic heterocycles. The van der Waals surface area contributed by atoms with E-state index in [0.717, 1.165) is 30.4 Å². The number of ether oxygens (including phenoxy) is 5. The number of thioether (sulfide) groups is 1. The average molecular weight is 838 g/mol. The number of unbranched alkanes of at least 4 members (excludes halogenated alkanes) is 12. The van der Waals surface area contributed by atoms with E-state index >= 15 is 0 Å². The van der Waals surface area contributed by atoms with Crippen molar-refractivity contribution in [1.29, 1.82) is 0 Å². The summed E-state index contributed by atoms with van der Waals surface area (Å²) in [5, 5.41) is 30.2. The number of phenols is 1. The van der Waals surface area contributed by atoms with Crippen LogP contribution in [0.15, 0.2) is 6.07 Å². The molecule has 6 heterocycles. The molecule has 6 aliphatic rings. The van der Waals surface area contributed by atoms with Crippen LogP contribution in [0.3, 0.4) is 0 Å². The van der Waals surface area contributed by atoms with Crippen molar-refractivity contribution in [3.63, 3.8) is 0 Å². The number of esters is 2. The van der Waals surface area contributed by atoms with E-state index < -0.39 is 53.6 Å². The van der Waals surface area contributed by atoms with E-state index in [1.54, 1.807) is 0 Å². The number of fused-ring (bicyclic) bond motifs is 10. The molecule has 2 saturated heterocycles. The van der Waals surface area contributed by atoms with Gasteiger partial charge < -0.3 is 44.5 Å². The lowest BCUT2D eigenvalue weighted by molar-refractivity contribution is -0.160. The highest BCUT2D eigenvalue weighted by molar-refractivity contribution is 7.99. The van der Waals surface area contributed by atoms with Crippen LogP contribution in [-0.2, 0) is 25.5 Å². The molecule has 8 rings (SSSR count). The van der Waals surface area contributed by atoms with E-state index in [1.165, 1.54) is 90.0 Å². The summed E-state index contributed by atoms with van der Waals surface area (Å²) in [6.45, 7) is 7.06. The molecule has 2 aromatic rings. The molecule has 0 aliphatic carbocycles. The van der Waals surface area contributed by atoms with Crippen LogP contribution in [0.4, 0.5) is 0 Å². The first kappa shape index (κ1) is 43.4. The topological polar surface area (TPSA) is 165 Å². The van der Waals surface area contributed by atoms with Crippen molar-refractivity contribution in [2.24, 2.45) is 0 Å². The predicted molar refractivity (Wildman–Crippen MR) is 224 cm³/mol. The van der Waals surface area contributed by atoms with Gasteiger partial charge in [-0.1, -0.05) is 90.0 Å². The molecular formula is C45H63N3O10S. The fourth-order valence-electron chi connectivity index (χ4n) is 10.1. The molecule has 4 bridgehead atoms. The van der Waals surface area contributed by atoms with E-state index in [1.807, 2.05) is 24.8 Å². The van der Waals surface area contributed by atoms with Gasteiger partial charge >= 0.3 is 11.9 Å². The summed E-state index contributed by atoms with van der Waals surface area (Å²) in [4.78, 5) is 42.0. The monoisotopic (exact) mass is 837 g/mol. The van der Waals surface area contributed by atoms with Crippen LogP contribution in [0, 0.1) is 13.8 Å². The molecule has 4 N–H and O–H groups in total. The smallest absolute Gasteiger partial charge is 0.329 e. The molecule has 1 amide bonds.